The van der Waals surface area contributed by atoms with Crippen LogP contribution >= 0.6 is 0 Å². The molecule has 1 aliphatic rings. The molecule has 3 N–H and O–H groups in total. The van der Waals surface area contributed by atoms with Gasteiger partial charge in [-0.05, 0) is 24.3 Å². The molecule has 2 heterocycles. The van der Waals surface area contributed by atoms with Crippen LogP contribution in [0.25, 0.3) is 5.69 Å². The molecule has 8 nitrogen and oxygen atoms in total. The molecule has 0 unspecified atom stereocenters. The molecule has 0 aliphatic carbocycles. The number of carbonyl (C=O) groups excluding carboxylic acids is 1. The number of aliphatic hydroxyl groups is 1. The Kier molecular flexibility index (Phi) is 4.14. The van der Waals surface area contributed by atoms with Crippen LogP contribution in [-0.2, 0) is 22.7 Å². The van der Waals surface area contributed by atoms with Crippen molar-refractivity contribution < 1.29 is 14.6 Å². The van der Waals surface area contributed by atoms with Crippen LogP contribution in [-0.4, -0.2) is 45.8 Å². The molecule has 0 radical (unpaired) electrons. The van der Waals surface area contributed by atoms with E-state index in [9.17, 15) is 9.90 Å². The minimum absolute atomic E-state index is 0.0544. The molecule has 2 aromatic rings. The fourth-order valence-electron chi connectivity index (χ4n) is 2.42. The van der Waals surface area contributed by atoms with E-state index in [1.165, 1.54) is 0 Å². The predicted molar refractivity (Wildman–Crippen MR) is 78.3 cm³/mol. The van der Waals surface area contributed by atoms with E-state index in [2.05, 4.69) is 10.3 Å². The third-order valence-electron chi connectivity index (χ3n) is 3.58. The number of nitrogens with two attached hydrogens (primary N) is 1. The van der Waals surface area contributed by atoms with E-state index in [0.717, 1.165) is 11.4 Å². The lowest BCUT2D eigenvalue weighted by Crippen LogP contribution is -2.41. The molecule has 1 aromatic heterocycles. The summed E-state index contributed by atoms with van der Waals surface area (Å²) in [4.78, 5) is 13.5. The van der Waals surface area contributed by atoms with E-state index < -0.39 is 0 Å². The largest absolute Gasteiger partial charge is 0.390 e. The number of morpholine rings is 1. The summed E-state index contributed by atoms with van der Waals surface area (Å²) in [6, 6.07) is 7.32. The van der Waals surface area contributed by atoms with Crippen molar-refractivity contribution in [3.8, 4) is 5.69 Å². The number of anilines is 1. The monoisotopic (exact) mass is 303 g/mol. The Hall–Kier alpha value is -2.29. The first kappa shape index (κ1) is 14.6. The highest BCUT2D eigenvalue weighted by Gasteiger charge is 2.20. The van der Waals surface area contributed by atoms with Crippen molar-refractivity contribution in [1.82, 2.24) is 15.0 Å². The summed E-state index contributed by atoms with van der Waals surface area (Å²) in [6.45, 7) is 1.21. The van der Waals surface area contributed by atoms with Gasteiger partial charge in [0.2, 0.25) is 0 Å². The Bertz CT molecular complexity index is 668. The molecule has 1 saturated heterocycles. The van der Waals surface area contributed by atoms with Gasteiger partial charge in [0.05, 0.1) is 24.6 Å². The molecule has 22 heavy (non-hydrogen) atoms. The number of rotatable bonds is 4. The topological polar surface area (TPSA) is 107 Å². The van der Waals surface area contributed by atoms with Crippen molar-refractivity contribution in [3.63, 3.8) is 0 Å². The quantitative estimate of drug-likeness (QED) is 0.794. The Morgan fingerprint density at radius 1 is 1.27 bits per heavy atom. The van der Waals surface area contributed by atoms with E-state index in [1.54, 1.807) is 9.58 Å². The number of aliphatic hydroxyl groups excluding tert-OH is 1. The summed E-state index contributed by atoms with van der Waals surface area (Å²) in [5.74, 6) is -0.0544. The van der Waals surface area contributed by atoms with Gasteiger partial charge in [-0.1, -0.05) is 5.21 Å². The zero-order chi connectivity index (χ0) is 15.5. The molecular weight excluding hydrogens is 286 g/mol. The van der Waals surface area contributed by atoms with Crippen LogP contribution < -0.4 is 10.6 Å². The van der Waals surface area contributed by atoms with Gasteiger partial charge in [0.25, 0.3) is 5.91 Å². The van der Waals surface area contributed by atoms with Crippen LogP contribution in [0.1, 0.15) is 11.4 Å². The van der Waals surface area contributed by atoms with Crippen LogP contribution in [0.2, 0.25) is 0 Å². The summed E-state index contributed by atoms with van der Waals surface area (Å²) < 4.78 is 6.67. The fourth-order valence-corrected chi connectivity index (χ4v) is 2.42. The van der Waals surface area contributed by atoms with Crippen LogP contribution in [0, 0.1) is 0 Å². The molecule has 1 fully saturated rings. The molecule has 3 rings (SSSR count). The molecule has 0 bridgehead atoms. The Morgan fingerprint density at radius 2 is 2.00 bits per heavy atom. The van der Waals surface area contributed by atoms with E-state index in [0.29, 0.717) is 24.5 Å². The van der Waals surface area contributed by atoms with Crippen LogP contribution in [0.5, 0.6) is 0 Å². The maximum absolute atomic E-state index is 11.8. The van der Waals surface area contributed by atoms with Gasteiger partial charge >= 0.3 is 0 Å². The summed E-state index contributed by atoms with van der Waals surface area (Å²) in [6.07, 6.45) is 0. The summed E-state index contributed by atoms with van der Waals surface area (Å²) >= 11 is 0. The van der Waals surface area contributed by atoms with Crippen LogP contribution in [0.4, 0.5) is 5.69 Å². The van der Waals surface area contributed by atoms with Crippen molar-refractivity contribution in [2.75, 3.05) is 24.7 Å². The molecule has 8 heteroatoms. The first-order chi connectivity index (χ1) is 10.7. The summed E-state index contributed by atoms with van der Waals surface area (Å²) in [5.41, 5.74) is 8.26. The lowest BCUT2D eigenvalue weighted by atomic mass is 10.2. The molecule has 1 amide bonds. The summed E-state index contributed by atoms with van der Waals surface area (Å²) in [7, 11) is 0. The Labute approximate surface area is 127 Å². The molecule has 0 saturated carbocycles. The van der Waals surface area contributed by atoms with E-state index in [4.69, 9.17) is 10.5 Å². The second-order valence-corrected chi connectivity index (χ2v) is 4.87. The van der Waals surface area contributed by atoms with E-state index >= 15 is 0 Å². The van der Waals surface area contributed by atoms with Gasteiger partial charge in [-0.25, -0.2) is 4.68 Å². The van der Waals surface area contributed by atoms with Gasteiger partial charge in [-0.3, -0.25) is 4.79 Å². The highest BCUT2D eigenvalue weighted by atomic mass is 16.5. The van der Waals surface area contributed by atoms with Gasteiger partial charge in [0.15, 0.2) is 0 Å². The van der Waals surface area contributed by atoms with Gasteiger partial charge in [-0.15, -0.1) is 5.10 Å². The number of hydrogen-bond donors (Lipinski definition) is 2. The number of nitrogens with zero attached hydrogens (tertiary/aromatic N) is 4. The number of aromatic nitrogens is 3. The molecular formula is C14H17N5O3. The van der Waals surface area contributed by atoms with Crippen molar-refractivity contribution >= 4 is 11.6 Å². The highest BCUT2D eigenvalue weighted by Crippen LogP contribution is 2.20. The van der Waals surface area contributed by atoms with E-state index in [1.807, 2.05) is 24.3 Å². The molecule has 0 spiro atoms. The molecule has 1 aromatic carbocycles. The van der Waals surface area contributed by atoms with Crippen LogP contribution in [0.15, 0.2) is 24.3 Å². The highest BCUT2D eigenvalue weighted by molar-refractivity contribution is 5.94. The minimum Gasteiger partial charge on any atom is -0.390 e. The number of carbonyl (C=O) groups is 1. The second kappa shape index (κ2) is 6.22. The van der Waals surface area contributed by atoms with Gasteiger partial charge < -0.3 is 20.5 Å². The molecule has 0 atom stereocenters. The average molecular weight is 303 g/mol. The minimum atomic E-state index is -0.191. The van der Waals surface area contributed by atoms with Crippen molar-refractivity contribution in [3.05, 3.63) is 35.7 Å². The van der Waals surface area contributed by atoms with Gasteiger partial charge in [0.1, 0.15) is 12.3 Å². The Morgan fingerprint density at radius 3 is 2.64 bits per heavy atom. The first-order valence-electron chi connectivity index (χ1n) is 6.97. The first-order valence-corrected chi connectivity index (χ1v) is 6.97. The maximum Gasteiger partial charge on any atom is 0.253 e. The maximum atomic E-state index is 11.8. The number of hydrogen-bond acceptors (Lipinski definition) is 6. The van der Waals surface area contributed by atoms with Gasteiger partial charge in [0, 0.05) is 18.8 Å². The zero-order valence-electron chi connectivity index (χ0n) is 12.0. The van der Waals surface area contributed by atoms with E-state index in [-0.39, 0.29) is 25.7 Å². The third kappa shape index (κ3) is 2.59. The third-order valence-corrected chi connectivity index (χ3v) is 3.58. The standard InChI is InChI=1S/C14H17N5O3/c15-7-12-13(8-20)19(17-16-12)11-3-1-10(2-4-11)18-5-6-22-9-14(18)21/h1-4,20H,5-9,15H2. The lowest BCUT2D eigenvalue weighted by molar-refractivity contribution is -0.125. The SMILES string of the molecule is NCc1nnn(-c2ccc(N3CCOCC3=O)cc2)c1CO. The Balaban J connectivity index is 1.88. The number of amides is 1. The fraction of sp³-hybridized carbons (Fsp3) is 0.357. The average Bonchev–Trinajstić information content (AvgIpc) is 2.98. The predicted octanol–water partition coefficient (Wildman–Crippen LogP) is -0.419. The lowest BCUT2D eigenvalue weighted by Gasteiger charge is -2.26. The second-order valence-electron chi connectivity index (χ2n) is 4.87. The van der Waals surface area contributed by atoms with Crippen molar-refractivity contribution in [1.29, 1.82) is 0 Å². The van der Waals surface area contributed by atoms with Crippen molar-refractivity contribution in [2.45, 2.75) is 13.2 Å². The molecule has 116 valence electrons. The van der Waals surface area contributed by atoms with Crippen LogP contribution in [0.3, 0.4) is 0 Å². The smallest absolute Gasteiger partial charge is 0.253 e. The molecule has 1 aliphatic heterocycles. The normalized spacial score (nSPS) is 15.4. The van der Waals surface area contributed by atoms with Gasteiger partial charge in [-0.2, -0.15) is 0 Å². The number of benzene rings is 1. The zero-order valence-corrected chi connectivity index (χ0v) is 12.0. The number of ether oxygens (including phenoxy) is 1. The van der Waals surface area contributed by atoms with Crippen molar-refractivity contribution in [2.24, 2.45) is 5.73 Å². The summed E-state index contributed by atoms with van der Waals surface area (Å²) in [5, 5.41) is 17.4.